The average molecular weight is 341 g/mol. The number of amides is 1. The van der Waals surface area contributed by atoms with Gasteiger partial charge in [0.15, 0.2) is 0 Å². The Morgan fingerprint density at radius 2 is 1.96 bits per heavy atom. The molecule has 1 amide bonds. The van der Waals surface area contributed by atoms with Crippen molar-refractivity contribution in [3.05, 3.63) is 34.5 Å². The predicted octanol–water partition coefficient (Wildman–Crippen LogP) is 1.84. The summed E-state index contributed by atoms with van der Waals surface area (Å²) in [7, 11) is 0. The molecule has 2 aliphatic heterocycles. The number of carboxylic acid groups (broad SMARTS) is 1. The van der Waals surface area contributed by atoms with E-state index in [1.165, 1.54) is 0 Å². The summed E-state index contributed by atoms with van der Waals surface area (Å²) in [6.07, 6.45) is 0. The molecule has 3 heterocycles. The molecule has 0 spiro atoms. The number of likely N-dealkylation sites (tertiary alicyclic amines) is 1. The van der Waals surface area contributed by atoms with E-state index in [0.717, 1.165) is 27.6 Å². The highest BCUT2D eigenvalue weighted by molar-refractivity contribution is 6.03. The SMILES string of the molecule is Cc1ccc(C)c2c(C)c(C(=O)N3C[C@@H]4CNC[C@]4(C(=O)O)C3)[nH]c12. The summed E-state index contributed by atoms with van der Waals surface area (Å²) >= 11 is 0. The highest BCUT2D eigenvalue weighted by Crippen LogP contribution is 2.40. The number of aryl methyl sites for hydroxylation is 3. The second-order valence-corrected chi connectivity index (χ2v) is 7.55. The summed E-state index contributed by atoms with van der Waals surface area (Å²) in [6.45, 7) is 7.88. The first-order valence-corrected chi connectivity index (χ1v) is 8.67. The minimum atomic E-state index is -0.846. The standard InChI is InChI=1S/C19H23N3O3/c1-10-4-5-11(2)15-14(10)12(3)16(21-15)17(23)22-7-13-6-20-8-19(13,9-22)18(24)25/h4-5,13,20-21H,6-9H2,1-3H3,(H,24,25)/t13-,19-/m0/s1. The maximum atomic E-state index is 13.1. The topological polar surface area (TPSA) is 85.4 Å². The summed E-state index contributed by atoms with van der Waals surface area (Å²) in [5.74, 6) is -0.928. The van der Waals surface area contributed by atoms with Crippen molar-refractivity contribution in [1.82, 2.24) is 15.2 Å². The zero-order chi connectivity index (χ0) is 17.9. The van der Waals surface area contributed by atoms with Crippen LogP contribution in [0.1, 0.15) is 27.2 Å². The lowest BCUT2D eigenvalue weighted by Gasteiger charge is -2.22. The van der Waals surface area contributed by atoms with Crippen molar-refractivity contribution in [1.29, 1.82) is 0 Å². The van der Waals surface area contributed by atoms with Gasteiger partial charge in [-0.25, -0.2) is 0 Å². The Morgan fingerprint density at radius 3 is 2.60 bits per heavy atom. The van der Waals surface area contributed by atoms with E-state index in [4.69, 9.17) is 0 Å². The zero-order valence-electron chi connectivity index (χ0n) is 14.8. The van der Waals surface area contributed by atoms with Gasteiger partial charge in [0.1, 0.15) is 11.1 Å². The van der Waals surface area contributed by atoms with Crippen LogP contribution in [0.5, 0.6) is 0 Å². The average Bonchev–Trinajstić information content (AvgIpc) is 3.21. The third kappa shape index (κ3) is 2.13. The van der Waals surface area contributed by atoms with E-state index in [1.54, 1.807) is 4.90 Å². The number of rotatable bonds is 2. The van der Waals surface area contributed by atoms with Gasteiger partial charge in [-0.1, -0.05) is 12.1 Å². The van der Waals surface area contributed by atoms with Crippen LogP contribution in [-0.4, -0.2) is 53.0 Å². The number of nitrogens with one attached hydrogen (secondary N) is 2. The van der Waals surface area contributed by atoms with Gasteiger partial charge < -0.3 is 20.3 Å². The molecule has 6 nitrogen and oxygen atoms in total. The van der Waals surface area contributed by atoms with Crippen molar-refractivity contribution < 1.29 is 14.7 Å². The molecular formula is C19H23N3O3. The van der Waals surface area contributed by atoms with Crippen LogP contribution in [0, 0.1) is 32.1 Å². The van der Waals surface area contributed by atoms with E-state index in [2.05, 4.69) is 16.4 Å². The van der Waals surface area contributed by atoms with Gasteiger partial charge in [0.05, 0.1) is 0 Å². The molecule has 2 aromatic rings. The van der Waals surface area contributed by atoms with E-state index in [-0.39, 0.29) is 18.4 Å². The summed E-state index contributed by atoms with van der Waals surface area (Å²) in [5, 5.41) is 14.0. The number of carbonyl (C=O) groups is 2. The number of benzene rings is 1. The molecule has 4 rings (SSSR count). The van der Waals surface area contributed by atoms with Crippen molar-refractivity contribution >= 4 is 22.8 Å². The molecule has 1 aromatic carbocycles. The van der Waals surface area contributed by atoms with Gasteiger partial charge >= 0.3 is 5.97 Å². The summed E-state index contributed by atoms with van der Waals surface area (Å²) in [4.78, 5) is 30.0. The molecule has 6 heteroatoms. The van der Waals surface area contributed by atoms with E-state index in [1.807, 2.05) is 26.8 Å². The smallest absolute Gasteiger partial charge is 0.313 e. The summed E-state index contributed by atoms with van der Waals surface area (Å²) in [6, 6.07) is 4.12. The number of hydrogen-bond donors (Lipinski definition) is 3. The quantitative estimate of drug-likeness (QED) is 0.778. The van der Waals surface area contributed by atoms with Gasteiger partial charge in [-0.3, -0.25) is 9.59 Å². The molecule has 2 atom stereocenters. The fraction of sp³-hybridized carbons (Fsp3) is 0.474. The number of nitrogens with zero attached hydrogens (tertiary/aromatic N) is 1. The van der Waals surface area contributed by atoms with Crippen LogP contribution in [0.4, 0.5) is 0 Å². The lowest BCUT2D eigenvalue weighted by molar-refractivity contribution is -0.148. The van der Waals surface area contributed by atoms with E-state index in [9.17, 15) is 14.7 Å². The highest BCUT2D eigenvalue weighted by Gasteiger charge is 2.56. The van der Waals surface area contributed by atoms with Crippen LogP contribution < -0.4 is 5.32 Å². The zero-order valence-corrected chi connectivity index (χ0v) is 14.8. The number of carboxylic acids is 1. The number of aromatic amines is 1. The summed E-state index contributed by atoms with van der Waals surface area (Å²) < 4.78 is 0. The first-order chi connectivity index (χ1) is 11.8. The molecule has 0 unspecified atom stereocenters. The Labute approximate surface area is 146 Å². The van der Waals surface area contributed by atoms with E-state index < -0.39 is 11.4 Å². The third-order valence-electron chi connectivity index (χ3n) is 6.08. The first-order valence-electron chi connectivity index (χ1n) is 8.67. The van der Waals surface area contributed by atoms with Gasteiger partial charge in [-0.2, -0.15) is 0 Å². The molecule has 0 saturated carbocycles. The van der Waals surface area contributed by atoms with Crippen molar-refractivity contribution in [2.45, 2.75) is 20.8 Å². The van der Waals surface area contributed by atoms with Crippen LogP contribution in [0.15, 0.2) is 12.1 Å². The number of aliphatic carboxylic acids is 1. The van der Waals surface area contributed by atoms with Gasteiger partial charge in [-0.05, 0) is 37.5 Å². The van der Waals surface area contributed by atoms with E-state index >= 15 is 0 Å². The Morgan fingerprint density at radius 1 is 1.24 bits per heavy atom. The van der Waals surface area contributed by atoms with Gasteiger partial charge in [-0.15, -0.1) is 0 Å². The molecule has 2 saturated heterocycles. The van der Waals surface area contributed by atoms with Crippen LogP contribution in [0.2, 0.25) is 0 Å². The van der Waals surface area contributed by atoms with Gasteiger partial charge in [0.25, 0.3) is 5.91 Å². The largest absolute Gasteiger partial charge is 0.481 e. The van der Waals surface area contributed by atoms with E-state index in [0.29, 0.717) is 25.3 Å². The van der Waals surface area contributed by atoms with Crippen LogP contribution in [-0.2, 0) is 4.79 Å². The fourth-order valence-corrected chi connectivity index (χ4v) is 4.55. The first kappa shape index (κ1) is 16.1. The minimum Gasteiger partial charge on any atom is -0.481 e. The number of carbonyl (C=O) groups excluding carboxylic acids is 1. The monoisotopic (exact) mass is 341 g/mol. The van der Waals surface area contributed by atoms with Crippen molar-refractivity contribution in [2.75, 3.05) is 26.2 Å². The third-order valence-corrected chi connectivity index (χ3v) is 6.08. The molecule has 0 aliphatic carbocycles. The fourth-order valence-electron chi connectivity index (χ4n) is 4.55. The molecular weight excluding hydrogens is 318 g/mol. The molecule has 0 radical (unpaired) electrons. The number of fused-ring (bicyclic) bond motifs is 2. The van der Waals surface area contributed by atoms with Crippen LogP contribution in [0.3, 0.4) is 0 Å². The maximum absolute atomic E-state index is 13.1. The number of aromatic nitrogens is 1. The Balaban J connectivity index is 1.72. The van der Waals surface area contributed by atoms with Gasteiger partial charge in [0.2, 0.25) is 0 Å². The Hall–Kier alpha value is -2.34. The summed E-state index contributed by atoms with van der Waals surface area (Å²) in [5.41, 5.74) is 3.92. The van der Waals surface area contributed by atoms with Crippen molar-refractivity contribution in [2.24, 2.45) is 11.3 Å². The molecule has 132 valence electrons. The lowest BCUT2D eigenvalue weighted by atomic mass is 9.81. The Bertz CT molecular complexity index is 901. The van der Waals surface area contributed by atoms with Crippen LogP contribution in [0.25, 0.3) is 10.9 Å². The van der Waals surface area contributed by atoms with Crippen LogP contribution >= 0.6 is 0 Å². The van der Waals surface area contributed by atoms with Crippen molar-refractivity contribution in [3.8, 4) is 0 Å². The second-order valence-electron chi connectivity index (χ2n) is 7.55. The molecule has 0 bridgehead atoms. The Kier molecular flexibility index (Phi) is 3.44. The van der Waals surface area contributed by atoms with Gasteiger partial charge in [0, 0.05) is 43.0 Å². The normalized spacial score (nSPS) is 25.6. The molecule has 2 aliphatic rings. The lowest BCUT2D eigenvalue weighted by Crippen LogP contribution is -2.41. The maximum Gasteiger partial charge on any atom is 0.313 e. The number of H-pyrrole nitrogens is 1. The second kappa shape index (κ2) is 5.33. The predicted molar refractivity (Wildman–Crippen MR) is 94.8 cm³/mol. The molecule has 3 N–H and O–H groups in total. The molecule has 25 heavy (non-hydrogen) atoms. The molecule has 1 aromatic heterocycles. The van der Waals surface area contributed by atoms with Crippen molar-refractivity contribution in [3.63, 3.8) is 0 Å². The highest BCUT2D eigenvalue weighted by atomic mass is 16.4. The number of hydrogen-bond acceptors (Lipinski definition) is 3. The minimum absolute atomic E-state index is 0.0258. The molecule has 2 fully saturated rings.